The minimum Gasteiger partial charge on any atom is -0.465 e. The number of halogens is 1. The summed E-state index contributed by atoms with van der Waals surface area (Å²) < 4.78 is 11.5. The van der Waals surface area contributed by atoms with E-state index >= 15 is 0 Å². The first-order valence-electron chi connectivity index (χ1n) is 7.90. The topological polar surface area (TPSA) is 73.7 Å². The molecule has 1 aliphatic heterocycles. The van der Waals surface area contributed by atoms with E-state index in [0.29, 0.717) is 16.4 Å². The largest absolute Gasteiger partial charge is 0.465 e. The second kappa shape index (κ2) is 7.92. The van der Waals surface area contributed by atoms with E-state index in [1.807, 2.05) is 0 Å². The molecule has 0 saturated heterocycles. The van der Waals surface area contributed by atoms with Gasteiger partial charge in [0.1, 0.15) is 5.70 Å². The lowest BCUT2D eigenvalue weighted by molar-refractivity contribution is -0.139. The number of para-hydroxylation sites is 1. The van der Waals surface area contributed by atoms with Crippen LogP contribution in [0, 0.1) is 0 Å². The van der Waals surface area contributed by atoms with E-state index in [9.17, 15) is 9.59 Å². The molecule has 8 heteroatoms. The van der Waals surface area contributed by atoms with Gasteiger partial charge in [0.15, 0.2) is 0 Å². The van der Waals surface area contributed by atoms with Gasteiger partial charge >= 0.3 is 11.9 Å². The van der Waals surface area contributed by atoms with Crippen LogP contribution in [0.2, 0.25) is 5.02 Å². The Balaban J connectivity index is 2.28. The van der Waals surface area contributed by atoms with Gasteiger partial charge < -0.3 is 18.9 Å². The zero-order chi connectivity index (χ0) is 19.4. The lowest BCUT2D eigenvalue weighted by Crippen LogP contribution is -2.27. The molecule has 1 aliphatic rings. The number of carbonyl (C=O) groups excluding carboxylic acids is 2. The molecule has 2 aromatic rings. The van der Waals surface area contributed by atoms with Crippen LogP contribution in [-0.2, 0) is 19.1 Å². The summed E-state index contributed by atoms with van der Waals surface area (Å²) in [5.74, 6) is -1.35. The third kappa shape index (κ3) is 3.50. The van der Waals surface area contributed by atoms with E-state index in [0.717, 1.165) is 0 Å². The standard InChI is InChI=1S/C19H16ClN3O4/c1-26-18(24)13-6-3-4-10-23(16(13)19(25)27-2)15-8-5-7-14(20)17(15)22-11-9-21-12-22/h3-12H,1-2H3. The first kappa shape index (κ1) is 18.5. The van der Waals surface area contributed by atoms with E-state index in [1.54, 1.807) is 64.7 Å². The Bertz CT molecular complexity index is 961. The fourth-order valence-electron chi connectivity index (χ4n) is 2.70. The molecule has 2 heterocycles. The summed E-state index contributed by atoms with van der Waals surface area (Å²) in [5.41, 5.74) is 1.22. The Kier molecular flexibility index (Phi) is 5.42. The lowest BCUT2D eigenvalue weighted by atomic mass is 10.1. The summed E-state index contributed by atoms with van der Waals surface area (Å²) in [6.45, 7) is 0. The Morgan fingerprint density at radius 2 is 1.89 bits per heavy atom. The highest BCUT2D eigenvalue weighted by molar-refractivity contribution is 6.33. The molecule has 0 aliphatic carbocycles. The molecule has 7 nitrogen and oxygen atoms in total. The number of carbonyl (C=O) groups is 2. The van der Waals surface area contributed by atoms with Crippen LogP contribution in [-0.4, -0.2) is 35.7 Å². The van der Waals surface area contributed by atoms with Crippen molar-refractivity contribution < 1.29 is 19.1 Å². The van der Waals surface area contributed by atoms with Gasteiger partial charge in [-0.15, -0.1) is 0 Å². The Labute approximate surface area is 160 Å². The van der Waals surface area contributed by atoms with Crippen LogP contribution in [0.3, 0.4) is 0 Å². The van der Waals surface area contributed by atoms with Gasteiger partial charge in [-0.1, -0.05) is 23.7 Å². The van der Waals surface area contributed by atoms with Crippen LogP contribution in [0.5, 0.6) is 0 Å². The Hall–Kier alpha value is -3.32. The number of aromatic nitrogens is 2. The number of anilines is 1. The summed E-state index contributed by atoms with van der Waals surface area (Å²) in [6.07, 6.45) is 11.4. The first-order chi connectivity index (χ1) is 13.1. The van der Waals surface area contributed by atoms with Crippen molar-refractivity contribution in [3.05, 3.63) is 77.6 Å². The van der Waals surface area contributed by atoms with Gasteiger partial charge in [0.25, 0.3) is 0 Å². The number of ether oxygens (including phenoxy) is 2. The van der Waals surface area contributed by atoms with Crippen molar-refractivity contribution in [3.63, 3.8) is 0 Å². The number of benzene rings is 1. The highest BCUT2D eigenvalue weighted by Gasteiger charge is 2.29. The Morgan fingerprint density at radius 3 is 2.56 bits per heavy atom. The quantitative estimate of drug-likeness (QED) is 0.753. The molecule has 1 aromatic carbocycles. The third-order valence-corrected chi connectivity index (χ3v) is 4.18. The summed E-state index contributed by atoms with van der Waals surface area (Å²) >= 11 is 6.43. The zero-order valence-electron chi connectivity index (χ0n) is 14.6. The fourth-order valence-corrected chi connectivity index (χ4v) is 2.96. The SMILES string of the molecule is COC(=O)C1=C(C(=O)OC)N(c2cccc(Cl)c2-n2ccnc2)C=CC=C1. The smallest absolute Gasteiger partial charge is 0.355 e. The van der Waals surface area contributed by atoms with E-state index in [2.05, 4.69) is 4.98 Å². The minimum absolute atomic E-state index is 0.0120. The van der Waals surface area contributed by atoms with E-state index in [4.69, 9.17) is 21.1 Å². The highest BCUT2D eigenvalue weighted by atomic mass is 35.5. The first-order valence-corrected chi connectivity index (χ1v) is 8.28. The number of rotatable bonds is 4. The average Bonchev–Trinajstić information content (AvgIpc) is 3.12. The maximum absolute atomic E-state index is 12.6. The molecule has 138 valence electrons. The molecule has 0 saturated carbocycles. The van der Waals surface area contributed by atoms with Crippen LogP contribution >= 0.6 is 11.6 Å². The van der Waals surface area contributed by atoms with Crippen molar-refractivity contribution in [1.29, 1.82) is 0 Å². The maximum Gasteiger partial charge on any atom is 0.355 e. The van der Waals surface area contributed by atoms with Gasteiger partial charge in [-0.25, -0.2) is 14.6 Å². The molecule has 0 atom stereocenters. The van der Waals surface area contributed by atoms with E-state index in [-0.39, 0.29) is 11.3 Å². The predicted octanol–water partition coefficient (Wildman–Crippen LogP) is 3.02. The van der Waals surface area contributed by atoms with E-state index in [1.165, 1.54) is 20.3 Å². The normalized spacial score (nSPS) is 13.5. The van der Waals surface area contributed by atoms with Crippen molar-refractivity contribution >= 4 is 29.2 Å². The molecule has 27 heavy (non-hydrogen) atoms. The van der Waals surface area contributed by atoms with Crippen molar-refractivity contribution in [1.82, 2.24) is 9.55 Å². The third-order valence-electron chi connectivity index (χ3n) is 3.88. The molecule has 0 N–H and O–H groups in total. The molecule has 1 aromatic heterocycles. The van der Waals surface area contributed by atoms with Gasteiger partial charge in [0.2, 0.25) is 0 Å². The summed E-state index contributed by atoms with van der Waals surface area (Å²) in [7, 11) is 2.49. The van der Waals surface area contributed by atoms with Crippen LogP contribution in [0.1, 0.15) is 0 Å². The van der Waals surface area contributed by atoms with Crippen molar-refractivity contribution in [2.24, 2.45) is 0 Å². The lowest BCUT2D eigenvalue weighted by Gasteiger charge is -2.26. The monoisotopic (exact) mass is 385 g/mol. The summed E-state index contributed by atoms with van der Waals surface area (Å²) in [4.78, 5) is 30.4. The van der Waals surface area contributed by atoms with Gasteiger partial charge in [0.05, 0.1) is 42.5 Å². The number of methoxy groups -OCH3 is 2. The number of esters is 2. The summed E-state index contributed by atoms with van der Waals surface area (Å²) in [5, 5.41) is 0.444. The molecule has 0 radical (unpaired) electrons. The number of imidazole rings is 1. The second-order valence-corrected chi connectivity index (χ2v) is 5.80. The fraction of sp³-hybridized carbons (Fsp3) is 0.105. The molecule has 0 amide bonds. The number of allylic oxidation sites excluding steroid dienone is 2. The van der Waals surface area contributed by atoms with Gasteiger partial charge in [-0.2, -0.15) is 0 Å². The molecule has 0 bridgehead atoms. The van der Waals surface area contributed by atoms with Gasteiger partial charge in [-0.05, 0) is 24.3 Å². The van der Waals surface area contributed by atoms with Crippen molar-refractivity contribution in [2.45, 2.75) is 0 Å². The predicted molar refractivity (Wildman–Crippen MR) is 100 cm³/mol. The molecular formula is C19H16ClN3O4. The number of hydrogen-bond donors (Lipinski definition) is 0. The van der Waals surface area contributed by atoms with Crippen molar-refractivity contribution in [2.75, 3.05) is 19.1 Å². The Morgan fingerprint density at radius 1 is 1.11 bits per heavy atom. The van der Waals surface area contributed by atoms with Crippen LogP contribution in [0.25, 0.3) is 5.69 Å². The molecule has 0 spiro atoms. The molecule has 0 unspecified atom stereocenters. The zero-order valence-corrected chi connectivity index (χ0v) is 15.4. The van der Waals surface area contributed by atoms with Gasteiger partial charge in [-0.3, -0.25) is 0 Å². The number of nitrogens with zero attached hydrogens (tertiary/aromatic N) is 3. The van der Waals surface area contributed by atoms with Crippen LogP contribution < -0.4 is 4.90 Å². The molecule has 0 fully saturated rings. The minimum atomic E-state index is -0.692. The van der Waals surface area contributed by atoms with Crippen LogP contribution in [0.4, 0.5) is 5.69 Å². The second-order valence-electron chi connectivity index (χ2n) is 5.39. The van der Waals surface area contributed by atoms with E-state index < -0.39 is 11.9 Å². The van der Waals surface area contributed by atoms with Gasteiger partial charge in [0, 0.05) is 18.6 Å². The maximum atomic E-state index is 12.6. The van der Waals surface area contributed by atoms with Crippen molar-refractivity contribution in [3.8, 4) is 5.69 Å². The average molecular weight is 386 g/mol. The van der Waals surface area contributed by atoms with Crippen LogP contribution in [0.15, 0.2) is 72.6 Å². The highest BCUT2D eigenvalue weighted by Crippen LogP contribution is 2.35. The molecule has 3 rings (SSSR count). The number of hydrogen-bond acceptors (Lipinski definition) is 6. The summed E-state index contributed by atoms with van der Waals surface area (Å²) in [6, 6.07) is 5.24. The molecular weight excluding hydrogens is 370 g/mol.